The van der Waals surface area contributed by atoms with E-state index in [4.69, 9.17) is 0 Å². The summed E-state index contributed by atoms with van der Waals surface area (Å²) in [5.41, 5.74) is 0. The number of carbonyl (C=O) groups is 1. The number of nitrogens with one attached hydrogen (secondary N) is 2. The highest BCUT2D eigenvalue weighted by Gasteiger charge is 2.20. The van der Waals surface area contributed by atoms with Gasteiger partial charge >= 0.3 is 0 Å². The number of halogens is 2. The van der Waals surface area contributed by atoms with Crippen LogP contribution in [0.2, 0.25) is 0 Å². The summed E-state index contributed by atoms with van der Waals surface area (Å²) in [6.07, 6.45) is 4.11. The molecule has 0 bridgehead atoms. The molecule has 0 aliphatic carbocycles. The summed E-state index contributed by atoms with van der Waals surface area (Å²) in [4.78, 5) is 14.5. The van der Waals surface area contributed by atoms with Crippen LogP contribution in [0.5, 0.6) is 0 Å². The van der Waals surface area contributed by atoms with E-state index >= 15 is 0 Å². The van der Waals surface area contributed by atoms with Gasteiger partial charge in [0.25, 0.3) is 0 Å². The zero-order valence-electron chi connectivity index (χ0n) is 14.6. The molecule has 0 aromatic rings. The van der Waals surface area contributed by atoms with Gasteiger partial charge in [-0.3, -0.25) is 9.69 Å². The summed E-state index contributed by atoms with van der Waals surface area (Å²) in [5.74, 6) is 0.860. The zero-order valence-corrected chi connectivity index (χ0v) is 16.2. The van der Waals surface area contributed by atoms with Crippen LogP contribution in [0.3, 0.4) is 0 Å². The van der Waals surface area contributed by atoms with Crippen molar-refractivity contribution in [3.8, 4) is 0 Å². The number of likely N-dealkylation sites (N-methyl/N-ethyl adjacent to an activating group) is 1. The van der Waals surface area contributed by atoms with Crippen LogP contribution in [0.4, 0.5) is 0 Å². The van der Waals surface area contributed by atoms with Crippen molar-refractivity contribution in [1.82, 2.24) is 15.5 Å². The molecular formula is C16H35Cl2N3O. The van der Waals surface area contributed by atoms with E-state index in [-0.39, 0.29) is 30.7 Å². The van der Waals surface area contributed by atoms with E-state index in [0.717, 1.165) is 39.0 Å². The molecule has 0 aromatic carbocycles. The van der Waals surface area contributed by atoms with Gasteiger partial charge < -0.3 is 10.6 Å². The van der Waals surface area contributed by atoms with Gasteiger partial charge in [0, 0.05) is 25.0 Å². The Morgan fingerprint density at radius 3 is 2.36 bits per heavy atom. The molecule has 6 heteroatoms. The third kappa shape index (κ3) is 9.19. The third-order valence-electron chi connectivity index (χ3n) is 4.20. The van der Waals surface area contributed by atoms with E-state index in [1.54, 1.807) is 0 Å². The quantitative estimate of drug-likeness (QED) is 0.668. The van der Waals surface area contributed by atoms with E-state index in [0.29, 0.717) is 24.4 Å². The van der Waals surface area contributed by atoms with Crippen molar-refractivity contribution in [3.63, 3.8) is 0 Å². The van der Waals surface area contributed by atoms with Crippen molar-refractivity contribution in [2.75, 3.05) is 26.2 Å². The van der Waals surface area contributed by atoms with Crippen molar-refractivity contribution in [3.05, 3.63) is 0 Å². The number of carbonyl (C=O) groups excluding carboxylic acids is 1. The molecule has 1 aliphatic rings. The van der Waals surface area contributed by atoms with Gasteiger partial charge in [-0.25, -0.2) is 0 Å². The normalized spacial score (nSPS) is 18.7. The Bertz CT molecular complexity index is 281. The summed E-state index contributed by atoms with van der Waals surface area (Å²) in [5, 5.41) is 6.52. The van der Waals surface area contributed by atoms with E-state index in [9.17, 15) is 4.79 Å². The van der Waals surface area contributed by atoms with Crippen LogP contribution in [0.1, 0.15) is 53.4 Å². The molecule has 2 unspecified atom stereocenters. The van der Waals surface area contributed by atoms with Gasteiger partial charge in [-0.15, -0.1) is 24.8 Å². The Hall–Kier alpha value is -0.0300. The maximum atomic E-state index is 12.0. The summed E-state index contributed by atoms with van der Waals surface area (Å²) < 4.78 is 0. The molecule has 0 spiro atoms. The van der Waals surface area contributed by atoms with Crippen molar-refractivity contribution < 1.29 is 4.79 Å². The first-order chi connectivity index (χ1) is 9.56. The van der Waals surface area contributed by atoms with E-state index < -0.39 is 0 Å². The molecule has 0 radical (unpaired) electrons. The van der Waals surface area contributed by atoms with Crippen molar-refractivity contribution in [2.24, 2.45) is 5.92 Å². The lowest BCUT2D eigenvalue weighted by atomic mass is 10.0. The molecule has 134 valence electrons. The number of amides is 1. The fraction of sp³-hybridized carbons (Fsp3) is 0.938. The smallest absolute Gasteiger partial charge is 0.221 e. The van der Waals surface area contributed by atoms with Crippen LogP contribution < -0.4 is 10.6 Å². The second-order valence-corrected chi connectivity index (χ2v) is 6.31. The van der Waals surface area contributed by atoms with Crippen molar-refractivity contribution in [2.45, 2.75) is 65.5 Å². The second kappa shape index (κ2) is 13.4. The average Bonchev–Trinajstić information content (AvgIpc) is 2.89. The standard InChI is InChI=1S/C16H33N3O.2ClH/c1-5-19(6-2)15(10-13(3)4)12-18-16(20)11-14-8-7-9-17-14;;/h13-15,17H,5-12H2,1-4H3,(H,18,20);2*1H. The Labute approximate surface area is 149 Å². The number of rotatable bonds is 9. The Morgan fingerprint density at radius 2 is 1.91 bits per heavy atom. The Kier molecular flexibility index (Phi) is 14.8. The highest BCUT2D eigenvalue weighted by Crippen LogP contribution is 2.12. The highest BCUT2D eigenvalue weighted by atomic mass is 35.5. The summed E-state index contributed by atoms with van der Waals surface area (Å²) >= 11 is 0. The van der Waals surface area contributed by atoms with E-state index in [1.807, 2.05) is 0 Å². The molecule has 1 saturated heterocycles. The zero-order chi connectivity index (χ0) is 15.0. The van der Waals surface area contributed by atoms with Crippen LogP contribution in [0, 0.1) is 5.92 Å². The van der Waals surface area contributed by atoms with Crippen LogP contribution in [-0.2, 0) is 4.79 Å². The first kappa shape index (κ1) is 24.2. The SMILES string of the molecule is CCN(CC)C(CNC(=O)CC1CCCN1)CC(C)C.Cl.Cl. The van der Waals surface area contributed by atoms with Crippen LogP contribution in [0.15, 0.2) is 0 Å². The van der Waals surface area contributed by atoms with Gasteiger partial charge in [0.2, 0.25) is 5.91 Å². The lowest BCUT2D eigenvalue weighted by molar-refractivity contribution is -0.121. The molecule has 1 fully saturated rings. The van der Waals surface area contributed by atoms with Gasteiger partial charge in [-0.05, 0) is 44.8 Å². The molecule has 2 N–H and O–H groups in total. The van der Waals surface area contributed by atoms with Crippen LogP contribution in [0.25, 0.3) is 0 Å². The minimum Gasteiger partial charge on any atom is -0.354 e. The van der Waals surface area contributed by atoms with Crippen molar-refractivity contribution >= 4 is 30.7 Å². The first-order valence-electron chi connectivity index (χ1n) is 8.30. The van der Waals surface area contributed by atoms with Gasteiger partial charge in [0.05, 0.1) is 0 Å². The van der Waals surface area contributed by atoms with Gasteiger partial charge in [-0.1, -0.05) is 27.7 Å². The maximum absolute atomic E-state index is 12.0. The Morgan fingerprint density at radius 1 is 1.27 bits per heavy atom. The molecular weight excluding hydrogens is 321 g/mol. The van der Waals surface area contributed by atoms with Crippen molar-refractivity contribution in [1.29, 1.82) is 0 Å². The molecule has 1 rings (SSSR count). The van der Waals surface area contributed by atoms with Crippen LogP contribution >= 0.6 is 24.8 Å². The largest absolute Gasteiger partial charge is 0.354 e. The van der Waals surface area contributed by atoms with E-state index in [2.05, 4.69) is 43.2 Å². The first-order valence-corrected chi connectivity index (χ1v) is 8.30. The lowest BCUT2D eigenvalue weighted by Crippen LogP contribution is -2.45. The summed E-state index contributed by atoms with van der Waals surface area (Å²) in [7, 11) is 0. The predicted octanol–water partition coefficient (Wildman–Crippen LogP) is 2.84. The van der Waals surface area contributed by atoms with Gasteiger partial charge in [0.1, 0.15) is 0 Å². The monoisotopic (exact) mass is 355 g/mol. The number of hydrogen-bond donors (Lipinski definition) is 2. The minimum absolute atomic E-state index is 0. The maximum Gasteiger partial charge on any atom is 0.221 e. The number of nitrogens with zero attached hydrogens (tertiary/aromatic N) is 1. The molecule has 4 nitrogen and oxygen atoms in total. The fourth-order valence-electron chi connectivity index (χ4n) is 3.10. The third-order valence-corrected chi connectivity index (χ3v) is 4.20. The van der Waals surface area contributed by atoms with Crippen LogP contribution in [-0.4, -0.2) is 49.1 Å². The molecule has 22 heavy (non-hydrogen) atoms. The highest BCUT2D eigenvalue weighted by molar-refractivity contribution is 5.85. The molecule has 1 amide bonds. The minimum atomic E-state index is 0. The van der Waals surface area contributed by atoms with Gasteiger partial charge in [0.15, 0.2) is 0 Å². The average molecular weight is 356 g/mol. The predicted molar refractivity (Wildman–Crippen MR) is 99.3 cm³/mol. The lowest BCUT2D eigenvalue weighted by Gasteiger charge is -2.31. The second-order valence-electron chi connectivity index (χ2n) is 6.31. The molecule has 1 aliphatic heterocycles. The molecule has 1 heterocycles. The van der Waals surface area contributed by atoms with E-state index in [1.165, 1.54) is 6.42 Å². The summed E-state index contributed by atoms with van der Waals surface area (Å²) in [6, 6.07) is 0.859. The van der Waals surface area contributed by atoms with Gasteiger partial charge in [-0.2, -0.15) is 0 Å². The summed E-state index contributed by atoms with van der Waals surface area (Å²) in [6.45, 7) is 12.8. The Balaban J connectivity index is 0. The molecule has 0 aromatic heterocycles. The molecule has 0 saturated carbocycles. The topological polar surface area (TPSA) is 44.4 Å². The fourth-order valence-corrected chi connectivity index (χ4v) is 3.10. The molecule has 2 atom stereocenters. The number of hydrogen-bond acceptors (Lipinski definition) is 3.